The van der Waals surface area contributed by atoms with E-state index in [4.69, 9.17) is 4.74 Å². The van der Waals surface area contributed by atoms with Gasteiger partial charge in [0.25, 0.3) is 0 Å². The summed E-state index contributed by atoms with van der Waals surface area (Å²) in [7, 11) is 0. The highest BCUT2D eigenvalue weighted by atomic mass is 19.4. The normalized spacial score (nSPS) is 24.4. The number of rotatable bonds is 0. The van der Waals surface area contributed by atoms with Crippen molar-refractivity contribution in [1.82, 2.24) is 0 Å². The minimum absolute atomic E-state index is 0.117. The van der Waals surface area contributed by atoms with Gasteiger partial charge >= 0.3 is 11.8 Å². The Morgan fingerprint density at radius 2 is 1.86 bits per heavy atom. The van der Waals surface area contributed by atoms with Crippen molar-refractivity contribution < 1.29 is 31.1 Å². The van der Waals surface area contributed by atoms with Gasteiger partial charge in [-0.05, 0) is 19.1 Å². The maximum absolute atomic E-state index is 13.7. The molecule has 0 N–H and O–H groups in total. The second kappa shape index (κ2) is 4.21. The molecule has 0 spiro atoms. The highest BCUT2D eigenvalue weighted by Crippen LogP contribution is 2.52. The van der Waals surface area contributed by atoms with Crippen molar-refractivity contribution in [1.29, 1.82) is 0 Å². The molecule has 2 heterocycles. The molecule has 2 aromatic rings. The zero-order chi connectivity index (χ0) is 16.4. The summed E-state index contributed by atoms with van der Waals surface area (Å²) >= 11 is 0. The van der Waals surface area contributed by atoms with Crippen molar-refractivity contribution in [3.05, 3.63) is 39.8 Å². The van der Waals surface area contributed by atoms with Crippen LogP contribution in [-0.4, -0.2) is 11.8 Å². The molecular weight excluding hydrogens is 311 g/mol. The lowest BCUT2D eigenvalue weighted by atomic mass is 9.85. The van der Waals surface area contributed by atoms with Crippen LogP contribution in [0.25, 0.3) is 11.0 Å². The lowest BCUT2D eigenvalue weighted by Gasteiger charge is -2.30. The Labute approximate surface area is 120 Å². The second-order valence-corrected chi connectivity index (χ2v) is 5.30. The summed E-state index contributed by atoms with van der Waals surface area (Å²) < 4.78 is 76.1. The fourth-order valence-electron chi connectivity index (χ4n) is 2.62. The quantitative estimate of drug-likeness (QED) is 0.546. The van der Waals surface area contributed by atoms with Gasteiger partial charge in [-0.1, -0.05) is 6.92 Å². The second-order valence-electron chi connectivity index (χ2n) is 5.30. The molecule has 118 valence electrons. The molecule has 0 fully saturated rings. The Hall–Kier alpha value is -2.12. The van der Waals surface area contributed by atoms with Crippen LogP contribution in [0, 0.1) is 11.6 Å². The number of ether oxygens (including phenoxy) is 1. The molecule has 1 aliphatic heterocycles. The van der Waals surface area contributed by atoms with Crippen LogP contribution >= 0.6 is 0 Å². The number of hydrogen-bond donors (Lipinski definition) is 0. The summed E-state index contributed by atoms with van der Waals surface area (Å²) in [6.07, 6.45) is -4.76. The molecule has 0 amide bonds. The first-order valence-corrected chi connectivity index (χ1v) is 6.28. The first kappa shape index (κ1) is 14.8. The van der Waals surface area contributed by atoms with Crippen molar-refractivity contribution >= 4 is 11.0 Å². The van der Waals surface area contributed by atoms with Crippen molar-refractivity contribution in [3.8, 4) is 5.75 Å². The largest absolute Gasteiger partial charge is 0.470 e. The van der Waals surface area contributed by atoms with E-state index in [1.807, 2.05) is 0 Å². The summed E-state index contributed by atoms with van der Waals surface area (Å²) in [6.45, 7) is 2.00. The smallest absolute Gasteiger partial charge is 0.428 e. The van der Waals surface area contributed by atoms with Gasteiger partial charge in [0.05, 0.1) is 0 Å². The van der Waals surface area contributed by atoms with E-state index < -0.39 is 46.3 Å². The van der Waals surface area contributed by atoms with Gasteiger partial charge in [-0.15, -0.1) is 0 Å². The van der Waals surface area contributed by atoms with Gasteiger partial charge in [0, 0.05) is 16.9 Å². The van der Waals surface area contributed by atoms with E-state index >= 15 is 0 Å². The molecule has 8 heteroatoms. The molecule has 22 heavy (non-hydrogen) atoms. The Morgan fingerprint density at radius 3 is 2.45 bits per heavy atom. The standard InChI is InChI=1S/C14H9F5O3/c1-5-8-6-3-4-7(15)9(16)10(6)21-12(20)11(8)22-13(5,2)14(17,18)19/h3-5H,1-2H3/t5-,13+/m1/s1. The van der Waals surface area contributed by atoms with E-state index in [2.05, 4.69) is 4.42 Å². The molecule has 1 aromatic carbocycles. The van der Waals surface area contributed by atoms with Crippen LogP contribution in [0.1, 0.15) is 25.3 Å². The average Bonchev–Trinajstić information content (AvgIpc) is 2.70. The van der Waals surface area contributed by atoms with Crippen molar-refractivity contribution in [3.63, 3.8) is 0 Å². The van der Waals surface area contributed by atoms with Crippen LogP contribution in [0.15, 0.2) is 21.3 Å². The number of halogens is 5. The van der Waals surface area contributed by atoms with Crippen LogP contribution in [0.4, 0.5) is 22.0 Å². The molecule has 0 bridgehead atoms. The fraction of sp³-hybridized carbons (Fsp3) is 0.357. The molecule has 0 saturated heterocycles. The third kappa shape index (κ3) is 1.69. The summed E-state index contributed by atoms with van der Waals surface area (Å²) in [5.74, 6) is -4.60. The van der Waals surface area contributed by atoms with Gasteiger partial charge in [-0.2, -0.15) is 17.6 Å². The lowest BCUT2D eigenvalue weighted by Crippen LogP contribution is -2.48. The third-order valence-electron chi connectivity index (χ3n) is 4.10. The molecule has 0 saturated carbocycles. The first-order chi connectivity index (χ1) is 10.1. The number of fused-ring (bicyclic) bond motifs is 3. The molecule has 0 unspecified atom stereocenters. The van der Waals surface area contributed by atoms with E-state index in [9.17, 15) is 26.7 Å². The zero-order valence-electron chi connectivity index (χ0n) is 11.3. The monoisotopic (exact) mass is 320 g/mol. The predicted octanol–water partition coefficient (Wildman–Crippen LogP) is 3.89. The molecule has 1 aromatic heterocycles. The summed E-state index contributed by atoms with van der Waals surface area (Å²) in [4.78, 5) is 11.8. The molecule has 0 radical (unpaired) electrons. The van der Waals surface area contributed by atoms with E-state index in [-0.39, 0.29) is 10.9 Å². The Bertz CT molecular complexity index is 839. The summed E-state index contributed by atoms with van der Waals surface area (Å²) in [5.41, 5.74) is -4.77. The van der Waals surface area contributed by atoms with Gasteiger partial charge in [0.1, 0.15) is 0 Å². The van der Waals surface area contributed by atoms with Crippen LogP contribution in [0.3, 0.4) is 0 Å². The van der Waals surface area contributed by atoms with Crippen LogP contribution in [0.2, 0.25) is 0 Å². The van der Waals surface area contributed by atoms with E-state index in [0.29, 0.717) is 0 Å². The maximum Gasteiger partial charge on any atom is 0.428 e. The van der Waals surface area contributed by atoms with Gasteiger partial charge < -0.3 is 9.15 Å². The Morgan fingerprint density at radius 1 is 1.23 bits per heavy atom. The first-order valence-electron chi connectivity index (χ1n) is 6.28. The Balaban J connectivity index is 2.38. The van der Waals surface area contributed by atoms with E-state index in [1.165, 1.54) is 6.92 Å². The van der Waals surface area contributed by atoms with Crippen molar-refractivity contribution in [2.45, 2.75) is 31.5 Å². The summed E-state index contributed by atoms with van der Waals surface area (Å²) in [6, 6.07) is 1.82. The molecule has 1 aliphatic rings. The minimum atomic E-state index is -4.76. The lowest BCUT2D eigenvalue weighted by molar-refractivity contribution is -0.241. The molecule has 3 rings (SSSR count). The molecule has 3 nitrogen and oxygen atoms in total. The Kier molecular flexibility index (Phi) is 2.83. The third-order valence-corrected chi connectivity index (χ3v) is 4.10. The van der Waals surface area contributed by atoms with Gasteiger partial charge in [-0.3, -0.25) is 0 Å². The number of alkyl halides is 3. The van der Waals surface area contributed by atoms with Crippen molar-refractivity contribution in [2.24, 2.45) is 0 Å². The SMILES string of the molecule is C[C@@H]1c2c(c(=O)oc3c(F)c(F)ccc23)O[C@]1(C)C(F)(F)F. The highest BCUT2D eigenvalue weighted by molar-refractivity contribution is 5.84. The van der Waals surface area contributed by atoms with Crippen LogP contribution < -0.4 is 10.4 Å². The number of benzene rings is 1. The fourth-order valence-corrected chi connectivity index (χ4v) is 2.62. The predicted molar refractivity (Wildman–Crippen MR) is 65.9 cm³/mol. The molecule has 0 aliphatic carbocycles. The van der Waals surface area contributed by atoms with Gasteiger partial charge in [-0.25, -0.2) is 9.18 Å². The number of hydrogen-bond acceptors (Lipinski definition) is 3. The maximum atomic E-state index is 13.7. The summed E-state index contributed by atoms with van der Waals surface area (Å²) in [5, 5.41) is -0.117. The van der Waals surface area contributed by atoms with Gasteiger partial charge in [0.2, 0.25) is 17.2 Å². The highest BCUT2D eigenvalue weighted by Gasteiger charge is 2.62. The minimum Gasteiger partial charge on any atom is -0.470 e. The molecular formula is C14H9F5O3. The van der Waals surface area contributed by atoms with E-state index in [1.54, 1.807) is 0 Å². The van der Waals surface area contributed by atoms with Crippen LogP contribution in [0.5, 0.6) is 5.75 Å². The average molecular weight is 320 g/mol. The van der Waals surface area contributed by atoms with Crippen LogP contribution in [-0.2, 0) is 0 Å². The van der Waals surface area contributed by atoms with Crippen molar-refractivity contribution in [2.75, 3.05) is 0 Å². The molecule has 2 atom stereocenters. The topological polar surface area (TPSA) is 39.4 Å². The van der Waals surface area contributed by atoms with E-state index in [0.717, 1.165) is 19.1 Å². The zero-order valence-corrected chi connectivity index (χ0v) is 11.3. The van der Waals surface area contributed by atoms with Gasteiger partial charge in [0.15, 0.2) is 11.4 Å².